The zero-order valence-electron chi connectivity index (χ0n) is 10.6. The Kier molecular flexibility index (Phi) is 4.55. The minimum Gasteiger partial charge on any atom is -0.481 e. The average Bonchev–Trinajstić information content (AvgIpc) is 2.58. The molecule has 5 nitrogen and oxygen atoms in total. The van der Waals surface area contributed by atoms with Gasteiger partial charge in [-0.1, -0.05) is 20.8 Å². The normalized spacial score (nSPS) is 26.6. The van der Waals surface area contributed by atoms with Crippen LogP contribution in [-0.4, -0.2) is 42.6 Å². The first-order chi connectivity index (χ1) is 7.74. The van der Waals surface area contributed by atoms with Crippen molar-refractivity contribution in [2.75, 3.05) is 18.8 Å². The van der Waals surface area contributed by atoms with Crippen LogP contribution in [0.15, 0.2) is 0 Å². The Morgan fingerprint density at radius 2 is 2.00 bits per heavy atom. The summed E-state index contributed by atoms with van der Waals surface area (Å²) in [6.45, 7) is 6.19. The van der Waals surface area contributed by atoms with Gasteiger partial charge in [-0.15, -0.1) is 0 Å². The van der Waals surface area contributed by atoms with Crippen LogP contribution in [0.4, 0.5) is 0 Å². The number of hydrogen-bond acceptors (Lipinski definition) is 3. The van der Waals surface area contributed by atoms with Gasteiger partial charge in [0.2, 0.25) is 10.0 Å². The van der Waals surface area contributed by atoms with Crippen LogP contribution < -0.4 is 0 Å². The maximum atomic E-state index is 12.0. The first kappa shape index (κ1) is 14.4. The zero-order chi connectivity index (χ0) is 13.2. The van der Waals surface area contributed by atoms with Crippen LogP contribution >= 0.6 is 0 Å². The Hall–Kier alpha value is -0.620. The standard InChI is InChI=1S/C11H21NO4S/c1-8(2)4-5-17(15,16)12-6-9(3)10(7-12)11(13)14/h8-10H,4-7H2,1-3H3,(H,13,14). The summed E-state index contributed by atoms with van der Waals surface area (Å²) in [5.74, 6) is -1.13. The molecule has 0 aliphatic carbocycles. The lowest BCUT2D eigenvalue weighted by Crippen LogP contribution is -2.32. The summed E-state index contributed by atoms with van der Waals surface area (Å²) in [5, 5.41) is 8.96. The van der Waals surface area contributed by atoms with Crippen LogP contribution in [0.1, 0.15) is 27.2 Å². The van der Waals surface area contributed by atoms with Gasteiger partial charge in [-0.3, -0.25) is 4.79 Å². The minimum atomic E-state index is -3.28. The highest BCUT2D eigenvalue weighted by atomic mass is 32.2. The van der Waals surface area contributed by atoms with Gasteiger partial charge in [0.25, 0.3) is 0 Å². The number of rotatable bonds is 5. The second-order valence-corrected chi connectivity index (χ2v) is 7.33. The number of aliphatic carboxylic acids is 1. The fourth-order valence-corrected chi connectivity index (χ4v) is 3.86. The lowest BCUT2D eigenvalue weighted by atomic mass is 9.99. The molecule has 0 amide bonds. The third-order valence-electron chi connectivity index (χ3n) is 3.24. The van der Waals surface area contributed by atoms with Gasteiger partial charge in [0.15, 0.2) is 0 Å². The molecule has 1 N–H and O–H groups in total. The number of carbonyl (C=O) groups is 1. The second kappa shape index (κ2) is 5.35. The number of sulfonamides is 1. The molecule has 2 unspecified atom stereocenters. The smallest absolute Gasteiger partial charge is 0.308 e. The van der Waals surface area contributed by atoms with Crippen molar-refractivity contribution in [1.82, 2.24) is 4.31 Å². The molecular formula is C11H21NO4S. The molecule has 0 bridgehead atoms. The van der Waals surface area contributed by atoms with E-state index in [1.165, 1.54) is 4.31 Å². The molecule has 0 aromatic heterocycles. The molecule has 1 heterocycles. The van der Waals surface area contributed by atoms with E-state index >= 15 is 0 Å². The van der Waals surface area contributed by atoms with Gasteiger partial charge in [-0.25, -0.2) is 12.7 Å². The van der Waals surface area contributed by atoms with E-state index in [9.17, 15) is 13.2 Å². The van der Waals surface area contributed by atoms with Gasteiger partial charge in [0, 0.05) is 13.1 Å². The van der Waals surface area contributed by atoms with Crippen molar-refractivity contribution in [1.29, 1.82) is 0 Å². The molecule has 0 aromatic carbocycles. The van der Waals surface area contributed by atoms with Crippen molar-refractivity contribution in [2.24, 2.45) is 17.8 Å². The molecule has 0 saturated carbocycles. The predicted molar refractivity (Wildman–Crippen MR) is 65.1 cm³/mol. The molecule has 1 rings (SSSR count). The summed E-state index contributed by atoms with van der Waals surface area (Å²) in [4.78, 5) is 10.9. The fraction of sp³-hybridized carbons (Fsp3) is 0.909. The maximum Gasteiger partial charge on any atom is 0.308 e. The van der Waals surface area contributed by atoms with Crippen molar-refractivity contribution in [3.05, 3.63) is 0 Å². The van der Waals surface area contributed by atoms with Crippen LogP contribution in [0.25, 0.3) is 0 Å². The van der Waals surface area contributed by atoms with E-state index in [0.29, 0.717) is 18.9 Å². The summed E-state index contributed by atoms with van der Waals surface area (Å²) in [5.41, 5.74) is 0. The van der Waals surface area contributed by atoms with E-state index in [4.69, 9.17) is 5.11 Å². The highest BCUT2D eigenvalue weighted by Gasteiger charge is 2.39. The third-order valence-corrected chi connectivity index (χ3v) is 5.08. The predicted octanol–water partition coefficient (Wildman–Crippen LogP) is 1.01. The highest BCUT2D eigenvalue weighted by molar-refractivity contribution is 7.89. The van der Waals surface area contributed by atoms with Crippen molar-refractivity contribution >= 4 is 16.0 Å². The van der Waals surface area contributed by atoms with Crippen molar-refractivity contribution in [3.63, 3.8) is 0 Å². The Morgan fingerprint density at radius 1 is 1.41 bits per heavy atom. The van der Waals surface area contributed by atoms with Crippen LogP contribution in [0, 0.1) is 17.8 Å². The topological polar surface area (TPSA) is 74.7 Å². The Bertz CT molecular complexity index is 377. The maximum absolute atomic E-state index is 12.0. The van der Waals surface area contributed by atoms with Crippen LogP contribution in [0.5, 0.6) is 0 Å². The molecule has 1 fully saturated rings. The lowest BCUT2D eigenvalue weighted by Gasteiger charge is -2.16. The molecule has 1 aliphatic heterocycles. The minimum absolute atomic E-state index is 0.110. The van der Waals surface area contributed by atoms with E-state index in [1.54, 1.807) is 6.92 Å². The molecule has 0 spiro atoms. The first-order valence-electron chi connectivity index (χ1n) is 5.94. The van der Waals surface area contributed by atoms with E-state index in [0.717, 1.165) is 0 Å². The number of hydrogen-bond donors (Lipinski definition) is 1. The SMILES string of the molecule is CC(C)CCS(=O)(=O)N1CC(C)C(C(=O)O)C1. The fourth-order valence-electron chi connectivity index (χ4n) is 1.98. The summed E-state index contributed by atoms with van der Waals surface area (Å²) in [7, 11) is -3.28. The van der Waals surface area contributed by atoms with Gasteiger partial charge in [0.1, 0.15) is 0 Å². The second-order valence-electron chi connectivity index (χ2n) is 5.24. The average molecular weight is 263 g/mol. The van der Waals surface area contributed by atoms with Gasteiger partial charge in [-0.05, 0) is 18.3 Å². The van der Waals surface area contributed by atoms with Gasteiger partial charge >= 0.3 is 5.97 Å². The summed E-state index contributed by atoms with van der Waals surface area (Å²) >= 11 is 0. The Balaban J connectivity index is 2.66. The largest absolute Gasteiger partial charge is 0.481 e. The van der Waals surface area contributed by atoms with Gasteiger partial charge in [-0.2, -0.15) is 0 Å². The van der Waals surface area contributed by atoms with Crippen molar-refractivity contribution in [2.45, 2.75) is 27.2 Å². The zero-order valence-corrected chi connectivity index (χ0v) is 11.4. The molecule has 0 radical (unpaired) electrons. The molecule has 2 atom stereocenters. The van der Waals surface area contributed by atoms with Crippen molar-refractivity contribution < 1.29 is 18.3 Å². The van der Waals surface area contributed by atoms with Crippen LogP contribution in [0.2, 0.25) is 0 Å². The number of carboxylic acids is 1. The van der Waals surface area contributed by atoms with Crippen LogP contribution in [0.3, 0.4) is 0 Å². The summed E-state index contributed by atoms with van der Waals surface area (Å²) < 4.78 is 25.3. The monoisotopic (exact) mass is 263 g/mol. The Labute approximate surface area is 103 Å². The van der Waals surface area contributed by atoms with Gasteiger partial charge in [0.05, 0.1) is 11.7 Å². The van der Waals surface area contributed by atoms with Crippen LogP contribution in [-0.2, 0) is 14.8 Å². The highest BCUT2D eigenvalue weighted by Crippen LogP contribution is 2.26. The van der Waals surface area contributed by atoms with E-state index in [2.05, 4.69) is 0 Å². The lowest BCUT2D eigenvalue weighted by molar-refractivity contribution is -0.142. The quantitative estimate of drug-likeness (QED) is 0.803. The third kappa shape index (κ3) is 3.67. The number of nitrogens with zero attached hydrogens (tertiary/aromatic N) is 1. The molecule has 17 heavy (non-hydrogen) atoms. The van der Waals surface area contributed by atoms with Crippen molar-refractivity contribution in [3.8, 4) is 0 Å². The molecule has 1 aliphatic rings. The van der Waals surface area contributed by atoms with Gasteiger partial charge < -0.3 is 5.11 Å². The Morgan fingerprint density at radius 3 is 2.41 bits per heavy atom. The number of carboxylic acid groups (broad SMARTS) is 1. The van der Waals surface area contributed by atoms with E-state index in [-0.39, 0.29) is 18.2 Å². The van der Waals surface area contributed by atoms with E-state index < -0.39 is 21.9 Å². The molecule has 6 heteroatoms. The molecule has 0 aromatic rings. The molecular weight excluding hydrogens is 242 g/mol. The molecule has 100 valence electrons. The first-order valence-corrected chi connectivity index (χ1v) is 7.55. The summed E-state index contributed by atoms with van der Waals surface area (Å²) in [6.07, 6.45) is 0.616. The molecule has 1 saturated heterocycles. The summed E-state index contributed by atoms with van der Waals surface area (Å²) in [6, 6.07) is 0. The van der Waals surface area contributed by atoms with E-state index in [1.807, 2.05) is 13.8 Å².